The molecule has 0 aliphatic carbocycles. The number of aryl methyl sites for hydroxylation is 1. The smallest absolute Gasteiger partial charge is 0.118 e. The van der Waals surface area contributed by atoms with Crippen molar-refractivity contribution in [3.8, 4) is 0 Å². The average Bonchev–Trinajstić information content (AvgIpc) is 2.74. The van der Waals surface area contributed by atoms with Gasteiger partial charge in [-0.3, -0.25) is 4.90 Å². The molecule has 0 saturated heterocycles. The largest absolute Gasteiger partial charge is 0.465 e. The predicted molar refractivity (Wildman–Crippen MR) is 78.2 cm³/mol. The number of hydrogen-bond acceptors (Lipinski definition) is 4. The lowest BCUT2D eigenvalue weighted by Gasteiger charge is -2.27. The quantitative estimate of drug-likeness (QED) is 0.747. The molecule has 1 unspecified atom stereocenters. The number of furan rings is 1. The first-order valence-corrected chi connectivity index (χ1v) is 7.08. The molecule has 0 spiro atoms. The van der Waals surface area contributed by atoms with E-state index in [1.54, 1.807) is 7.11 Å². The molecule has 1 atom stereocenters. The van der Waals surface area contributed by atoms with Crippen LogP contribution in [-0.2, 0) is 17.8 Å². The molecule has 1 aromatic heterocycles. The summed E-state index contributed by atoms with van der Waals surface area (Å²) in [6, 6.07) is 2.70. The highest BCUT2D eigenvalue weighted by Gasteiger charge is 2.15. The van der Waals surface area contributed by atoms with E-state index in [1.165, 1.54) is 5.56 Å². The van der Waals surface area contributed by atoms with E-state index < -0.39 is 0 Å². The fourth-order valence-electron chi connectivity index (χ4n) is 2.15. The van der Waals surface area contributed by atoms with E-state index in [4.69, 9.17) is 9.15 Å². The second-order valence-corrected chi connectivity index (χ2v) is 5.05. The van der Waals surface area contributed by atoms with Crippen molar-refractivity contribution in [2.45, 2.75) is 46.3 Å². The fourth-order valence-corrected chi connectivity index (χ4v) is 2.15. The molecule has 0 saturated carbocycles. The molecule has 1 heterocycles. The standard InChI is InChI=1S/C15H28N2O2/c1-6-12(2)17(7-8-18-5)11-15-9-14(10-16-4)13(3)19-15/h9,12,16H,6-8,10-11H2,1-5H3. The lowest BCUT2D eigenvalue weighted by molar-refractivity contribution is 0.112. The minimum absolute atomic E-state index is 0.535. The maximum Gasteiger partial charge on any atom is 0.118 e. The Morgan fingerprint density at radius 1 is 1.47 bits per heavy atom. The number of hydrogen-bond donors (Lipinski definition) is 1. The molecule has 1 rings (SSSR count). The van der Waals surface area contributed by atoms with E-state index in [9.17, 15) is 0 Å². The average molecular weight is 268 g/mol. The van der Waals surface area contributed by atoms with E-state index in [1.807, 2.05) is 14.0 Å². The Morgan fingerprint density at radius 2 is 2.21 bits per heavy atom. The number of nitrogens with zero attached hydrogens (tertiary/aromatic N) is 1. The molecular weight excluding hydrogens is 240 g/mol. The van der Waals surface area contributed by atoms with Crippen LogP contribution >= 0.6 is 0 Å². The zero-order chi connectivity index (χ0) is 14.3. The van der Waals surface area contributed by atoms with Gasteiger partial charge in [0, 0.05) is 31.8 Å². The normalized spacial score (nSPS) is 13.2. The second-order valence-electron chi connectivity index (χ2n) is 5.05. The van der Waals surface area contributed by atoms with E-state index >= 15 is 0 Å². The molecule has 0 amide bonds. The highest BCUT2D eigenvalue weighted by Crippen LogP contribution is 2.18. The molecule has 0 fully saturated rings. The summed E-state index contributed by atoms with van der Waals surface area (Å²) in [6.07, 6.45) is 1.13. The van der Waals surface area contributed by atoms with Crippen molar-refractivity contribution in [3.63, 3.8) is 0 Å². The van der Waals surface area contributed by atoms with Crippen molar-refractivity contribution in [3.05, 3.63) is 23.2 Å². The van der Waals surface area contributed by atoms with Gasteiger partial charge < -0.3 is 14.5 Å². The Bertz CT molecular complexity index is 363. The third-order valence-corrected chi connectivity index (χ3v) is 3.59. The summed E-state index contributed by atoms with van der Waals surface area (Å²) in [5.41, 5.74) is 1.24. The van der Waals surface area contributed by atoms with Crippen molar-refractivity contribution in [2.75, 3.05) is 27.3 Å². The van der Waals surface area contributed by atoms with Crippen LogP contribution in [0.4, 0.5) is 0 Å². The Hall–Kier alpha value is -0.840. The molecule has 0 aliphatic rings. The van der Waals surface area contributed by atoms with Crippen LogP contribution in [0.3, 0.4) is 0 Å². The summed E-state index contributed by atoms with van der Waals surface area (Å²) in [4.78, 5) is 2.41. The van der Waals surface area contributed by atoms with Crippen molar-refractivity contribution in [1.82, 2.24) is 10.2 Å². The summed E-state index contributed by atoms with van der Waals surface area (Å²) < 4.78 is 11.0. The van der Waals surface area contributed by atoms with E-state index in [0.717, 1.165) is 44.2 Å². The first-order valence-electron chi connectivity index (χ1n) is 7.08. The van der Waals surface area contributed by atoms with Crippen LogP contribution < -0.4 is 5.32 Å². The van der Waals surface area contributed by atoms with Gasteiger partial charge in [0.05, 0.1) is 13.2 Å². The molecule has 110 valence electrons. The SMILES string of the molecule is CCC(C)N(CCOC)Cc1cc(CNC)c(C)o1. The summed E-state index contributed by atoms with van der Waals surface area (Å²) in [5, 5.41) is 3.17. The van der Waals surface area contributed by atoms with Gasteiger partial charge in [-0.15, -0.1) is 0 Å². The Kier molecular flexibility index (Phi) is 7.13. The van der Waals surface area contributed by atoms with Crippen LogP contribution in [0.15, 0.2) is 10.5 Å². The van der Waals surface area contributed by atoms with Gasteiger partial charge in [0.25, 0.3) is 0 Å². The number of rotatable bonds is 9. The zero-order valence-corrected chi connectivity index (χ0v) is 13.0. The number of methoxy groups -OCH3 is 1. The molecule has 4 heteroatoms. The third kappa shape index (κ3) is 4.97. The first kappa shape index (κ1) is 16.2. The van der Waals surface area contributed by atoms with Gasteiger partial charge in [0.1, 0.15) is 11.5 Å². The number of ether oxygens (including phenoxy) is 1. The van der Waals surface area contributed by atoms with E-state index in [0.29, 0.717) is 6.04 Å². The van der Waals surface area contributed by atoms with Gasteiger partial charge >= 0.3 is 0 Å². The van der Waals surface area contributed by atoms with Crippen molar-refractivity contribution < 1.29 is 9.15 Å². The lowest BCUT2D eigenvalue weighted by Crippen LogP contribution is -2.34. The Labute approximate surface area is 117 Å². The highest BCUT2D eigenvalue weighted by molar-refractivity contribution is 5.20. The lowest BCUT2D eigenvalue weighted by atomic mass is 10.2. The molecule has 0 aromatic carbocycles. The predicted octanol–water partition coefficient (Wildman–Crippen LogP) is 2.55. The van der Waals surface area contributed by atoms with Gasteiger partial charge in [-0.05, 0) is 33.4 Å². The Balaban J connectivity index is 2.69. The molecule has 0 bridgehead atoms. The monoisotopic (exact) mass is 268 g/mol. The van der Waals surface area contributed by atoms with E-state index in [-0.39, 0.29) is 0 Å². The van der Waals surface area contributed by atoms with Gasteiger partial charge in [-0.1, -0.05) is 6.92 Å². The Morgan fingerprint density at radius 3 is 2.79 bits per heavy atom. The van der Waals surface area contributed by atoms with Crippen molar-refractivity contribution in [2.24, 2.45) is 0 Å². The van der Waals surface area contributed by atoms with Crippen molar-refractivity contribution >= 4 is 0 Å². The van der Waals surface area contributed by atoms with Gasteiger partial charge in [0.2, 0.25) is 0 Å². The summed E-state index contributed by atoms with van der Waals surface area (Å²) >= 11 is 0. The van der Waals surface area contributed by atoms with Crippen LogP contribution in [0.2, 0.25) is 0 Å². The van der Waals surface area contributed by atoms with Gasteiger partial charge in [-0.25, -0.2) is 0 Å². The highest BCUT2D eigenvalue weighted by atomic mass is 16.5. The minimum Gasteiger partial charge on any atom is -0.465 e. The van der Waals surface area contributed by atoms with Crippen LogP contribution in [0, 0.1) is 6.92 Å². The van der Waals surface area contributed by atoms with Crippen LogP contribution in [0.25, 0.3) is 0 Å². The molecule has 19 heavy (non-hydrogen) atoms. The first-order chi connectivity index (χ1) is 9.12. The number of nitrogens with one attached hydrogen (secondary N) is 1. The summed E-state index contributed by atoms with van der Waals surface area (Å²) in [6.45, 7) is 9.89. The minimum atomic E-state index is 0.535. The third-order valence-electron chi connectivity index (χ3n) is 3.59. The van der Waals surface area contributed by atoms with Crippen molar-refractivity contribution in [1.29, 1.82) is 0 Å². The van der Waals surface area contributed by atoms with Gasteiger partial charge in [0.15, 0.2) is 0 Å². The maximum atomic E-state index is 5.85. The van der Waals surface area contributed by atoms with Crippen LogP contribution in [0.1, 0.15) is 37.4 Å². The summed E-state index contributed by atoms with van der Waals surface area (Å²) in [7, 11) is 3.70. The molecule has 4 nitrogen and oxygen atoms in total. The molecular formula is C15H28N2O2. The zero-order valence-electron chi connectivity index (χ0n) is 13.0. The van der Waals surface area contributed by atoms with Crippen LogP contribution in [0.5, 0.6) is 0 Å². The maximum absolute atomic E-state index is 5.85. The van der Waals surface area contributed by atoms with Crippen LogP contribution in [-0.4, -0.2) is 38.3 Å². The molecule has 1 N–H and O–H groups in total. The second kappa shape index (κ2) is 8.35. The molecule has 0 radical (unpaired) electrons. The van der Waals surface area contributed by atoms with E-state index in [2.05, 4.69) is 30.1 Å². The fraction of sp³-hybridized carbons (Fsp3) is 0.733. The molecule has 0 aliphatic heterocycles. The van der Waals surface area contributed by atoms with Gasteiger partial charge in [-0.2, -0.15) is 0 Å². The summed E-state index contributed by atoms with van der Waals surface area (Å²) in [5.74, 6) is 2.05. The molecule has 1 aromatic rings. The topological polar surface area (TPSA) is 37.6 Å².